The second-order valence-electron chi connectivity index (χ2n) is 11.7. The van der Waals surface area contributed by atoms with Crippen LogP contribution in [-0.2, 0) is 0 Å². The maximum absolute atomic E-state index is 10.3. The smallest absolute Gasteiger partial charge is 0.150 e. The summed E-state index contributed by atoms with van der Waals surface area (Å²) in [5.74, 6) is 2.60. The van der Waals surface area contributed by atoms with E-state index in [4.69, 9.17) is 21.1 Å². The van der Waals surface area contributed by atoms with Gasteiger partial charge < -0.3 is 19.5 Å². The maximum Gasteiger partial charge on any atom is 0.150 e. The Kier molecular flexibility index (Phi) is 7.69. The normalized spacial score (nSPS) is 21.9. The molecule has 3 atom stereocenters. The summed E-state index contributed by atoms with van der Waals surface area (Å²) in [7, 11) is 0. The van der Waals surface area contributed by atoms with Crippen LogP contribution in [0.2, 0.25) is 5.02 Å². The van der Waals surface area contributed by atoms with Crippen LogP contribution in [0, 0.1) is 5.92 Å². The third-order valence-corrected chi connectivity index (χ3v) is 9.14. The summed E-state index contributed by atoms with van der Waals surface area (Å²) < 4.78 is 12.9. The number of ether oxygens (including phenoxy) is 2. The summed E-state index contributed by atoms with van der Waals surface area (Å²) in [6.07, 6.45) is 3.29. The SMILES string of the molecule is CC1=C(c2cccc(N3CCCC3)c2Cl)C(c2ccc(OCC(C)N3CCC(C)C3)cc2)Oc2ccc(O)cc21. The molecule has 40 heavy (non-hydrogen) atoms. The second kappa shape index (κ2) is 11.4. The van der Waals surface area contributed by atoms with Crippen molar-refractivity contribution in [2.75, 3.05) is 37.7 Å². The first-order valence-electron chi connectivity index (χ1n) is 14.6. The Balaban J connectivity index is 1.31. The lowest BCUT2D eigenvalue weighted by Crippen LogP contribution is -2.35. The van der Waals surface area contributed by atoms with Gasteiger partial charge in [0.25, 0.3) is 0 Å². The highest BCUT2D eigenvalue weighted by molar-refractivity contribution is 6.35. The lowest BCUT2D eigenvalue weighted by atomic mass is 9.86. The summed E-state index contributed by atoms with van der Waals surface area (Å²) in [5, 5.41) is 11.0. The first-order valence-corrected chi connectivity index (χ1v) is 15.0. The molecule has 0 amide bonds. The molecule has 0 saturated carbocycles. The third kappa shape index (κ3) is 5.29. The number of allylic oxidation sites excluding steroid dienone is 1. The molecule has 0 aliphatic carbocycles. The van der Waals surface area contributed by atoms with E-state index in [0.717, 1.165) is 82.1 Å². The van der Waals surface area contributed by atoms with Crippen molar-refractivity contribution in [3.8, 4) is 17.2 Å². The van der Waals surface area contributed by atoms with Crippen LogP contribution >= 0.6 is 11.6 Å². The number of halogens is 1. The Hall–Kier alpha value is -3.15. The number of hydrogen-bond acceptors (Lipinski definition) is 5. The number of rotatable bonds is 7. The molecular weight excluding hydrogens is 520 g/mol. The molecule has 3 aromatic rings. The summed E-state index contributed by atoms with van der Waals surface area (Å²) in [6, 6.07) is 20.2. The molecule has 3 heterocycles. The Morgan fingerprint density at radius 1 is 1.02 bits per heavy atom. The fraction of sp³-hybridized carbons (Fsp3) is 0.412. The predicted octanol–water partition coefficient (Wildman–Crippen LogP) is 7.82. The van der Waals surface area contributed by atoms with Crippen molar-refractivity contribution < 1.29 is 14.6 Å². The highest BCUT2D eigenvalue weighted by Gasteiger charge is 2.32. The number of anilines is 1. The van der Waals surface area contributed by atoms with E-state index in [1.807, 2.05) is 18.2 Å². The maximum atomic E-state index is 10.3. The number of likely N-dealkylation sites (tertiary alicyclic amines) is 1. The molecule has 3 unspecified atom stereocenters. The molecule has 0 radical (unpaired) electrons. The number of hydrogen-bond donors (Lipinski definition) is 1. The summed E-state index contributed by atoms with van der Waals surface area (Å²) in [5.41, 5.74) is 6.04. The first kappa shape index (κ1) is 27.0. The average Bonchev–Trinajstić information content (AvgIpc) is 3.65. The molecule has 0 spiro atoms. The van der Waals surface area contributed by atoms with Crippen molar-refractivity contribution in [3.63, 3.8) is 0 Å². The molecule has 2 fully saturated rings. The largest absolute Gasteiger partial charge is 0.508 e. The predicted molar refractivity (Wildman–Crippen MR) is 164 cm³/mol. The molecule has 0 aromatic heterocycles. The molecule has 3 aromatic carbocycles. The Morgan fingerprint density at radius 3 is 2.52 bits per heavy atom. The van der Waals surface area contributed by atoms with E-state index >= 15 is 0 Å². The third-order valence-electron chi connectivity index (χ3n) is 8.75. The number of fused-ring (bicyclic) bond motifs is 1. The zero-order valence-electron chi connectivity index (χ0n) is 23.7. The van der Waals surface area contributed by atoms with Crippen molar-refractivity contribution in [2.24, 2.45) is 5.92 Å². The van der Waals surface area contributed by atoms with Gasteiger partial charge in [-0.2, -0.15) is 0 Å². The zero-order valence-corrected chi connectivity index (χ0v) is 24.5. The van der Waals surface area contributed by atoms with Crippen LogP contribution < -0.4 is 14.4 Å². The van der Waals surface area contributed by atoms with E-state index in [-0.39, 0.29) is 11.9 Å². The Labute approximate surface area is 243 Å². The van der Waals surface area contributed by atoms with Crippen molar-refractivity contribution in [3.05, 3.63) is 82.4 Å². The molecule has 0 bridgehead atoms. The fourth-order valence-corrected chi connectivity index (χ4v) is 6.73. The Bertz CT molecular complexity index is 1400. The van der Waals surface area contributed by atoms with Gasteiger partial charge in [-0.05, 0) is 93.1 Å². The van der Waals surface area contributed by atoms with E-state index < -0.39 is 0 Å². The lowest BCUT2D eigenvalue weighted by molar-refractivity contribution is 0.169. The lowest BCUT2D eigenvalue weighted by Gasteiger charge is -2.32. The van der Waals surface area contributed by atoms with Crippen LogP contribution in [0.3, 0.4) is 0 Å². The molecular formula is C34H39ClN2O3. The highest BCUT2D eigenvalue weighted by Crippen LogP contribution is 2.50. The first-order chi connectivity index (χ1) is 19.4. The number of nitrogens with zero attached hydrogens (tertiary/aromatic N) is 2. The van der Waals surface area contributed by atoms with Crippen molar-refractivity contribution >= 4 is 28.4 Å². The van der Waals surface area contributed by atoms with Gasteiger partial charge in [0.1, 0.15) is 30.0 Å². The minimum atomic E-state index is -0.345. The minimum Gasteiger partial charge on any atom is -0.508 e. The van der Waals surface area contributed by atoms with Crippen LogP contribution in [0.1, 0.15) is 62.8 Å². The van der Waals surface area contributed by atoms with Crippen LogP contribution in [0.4, 0.5) is 5.69 Å². The van der Waals surface area contributed by atoms with Gasteiger partial charge in [-0.1, -0.05) is 42.8 Å². The summed E-state index contributed by atoms with van der Waals surface area (Å²) in [6.45, 7) is 11.7. The van der Waals surface area contributed by atoms with Gasteiger partial charge in [0.15, 0.2) is 0 Å². The van der Waals surface area contributed by atoms with Gasteiger partial charge in [-0.15, -0.1) is 0 Å². The van der Waals surface area contributed by atoms with Crippen LogP contribution in [0.15, 0.2) is 60.7 Å². The van der Waals surface area contributed by atoms with Crippen molar-refractivity contribution in [1.29, 1.82) is 0 Å². The topological polar surface area (TPSA) is 45.2 Å². The molecule has 5 nitrogen and oxygen atoms in total. The molecule has 6 rings (SSSR count). The highest BCUT2D eigenvalue weighted by atomic mass is 35.5. The van der Waals surface area contributed by atoms with E-state index in [1.54, 1.807) is 12.1 Å². The van der Waals surface area contributed by atoms with Crippen molar-refractivity contribution in [2.45, 2.75) is 52.2 Å². The van der Waals surface area contributed by atoms with Crippen LogP contribution in [0.5, 0.6) is 17.2 Å². The summed E-state index contributed by atoms with van der Waals surface area (Å²) in [4.78, 5) is 4.89. The van der Waals surface area contributed by atoms with Crippen LogP contribution in [-0.4, -0.2) is 48.8 Å². The monoisotopic (exact) mass is 558 g/mol. The number of phenols is 1. The van der Waals surface area contributed by atoms with Crippen molar-refractivity contribution in [1.82, 2.24) is 4.90 Å². The molecule has 3 aliphatic rings. The van der Waals surface area contributed by atoms with Gasteiger partial charge in [-0.3, -0.25) is 4.90 Å². The van der Waals surface area contributed by atoms with Crippen LogP contribution in [0.25, 0.3) is 11.1 Å². The Morgan fingerprint density at radius 2 is 1.80 bits per heavy atom. The average molecular weight is 559 g/mol. The molecule has 1 N–H and O–H groups in total. The quantitative estimate of drug-likeness (QED) is 0.320. The minimum absolute atomic E-state index is 0.218. The number of aromatic hydroxyl groups is 1. The van der Waals surface area contributed by atoms with E-state index in [1.165, 1.54) is 19.3 Å². The van der Waals surface area contributed by atoms with Gasteiger partial charge in [0.2, 0.25) is 0 Å². The van der Waals surface area contributed by atoms with E-state index in [2.05, 4.69) is 60.9 Å². The fourth-order valence-electron chi connectivity index (χ4n) is 6.38. The molecule has 2 saturated heterocycles. The zero-order chi connectivity index (χ0) is 27.8. The number of benzene rings is 3. The summed E-state index contributed by atoms with van der Waals surface area (Å²) >= 11 is 7.15. The standard InChI is InChI=1S/C34H39ClN2O3/c1-22-15-18-37(20-22)23(2)21-39-27-12-9-25(10-13-27)34-32(24(3)29-19-26(38)11-14-31(29)40-34)28-7-6-8-30(33(28)35)36-16-4-5-17-36/h6-14,19,22-23,34,38H,4-5,15-18,20-21H2,1-3H3. The molecule has 6 heteroatoms. The second-order valence-corrected chi connectivity index (χ2v) is 12.0. The van der Waals surface area contributed by atoms with Gasteiger partial charge >= 0.3 is 0 Å². The molecule has 210 valence electrons. The van der Waals surface area contributed by atoms with Gasteiger partial charge in [0.05, 0.1) is 10.7 Å². The van der Waals surface area contributed by atoms with E-state index in [0.29, 0.717) is 12.6 Å². The molecule has 3 aliphatic heterocycles. The number of phenolic OH excluding ortho intramolecular Hbond substituents is 1. The van der Waals surface area contributed by atoms with Gasteiger partial charge in [0, 0.05) is 42.4 Å². The van der Waals surface area contributed by atoms with E-state index in [9.17, 15) is 5.11 Å². The van der Waals surface area contributed by atoms with Gasteiger partial charge in [-0.25, -0.2) is 0 Å².